The van der Waals surface area contributed by atoms with Gasteiger partial charge in [-0.2, -0.15) is 0 Å². The SMILES string of the molecule is CNc1cc(C(=O)NCC2CCC(C)C2)cc(C)n1. The third-order valence-corrected chi connectivity index (χ3v) is 3.83. The number of carbonyl (C=O) groups excluding carboxylic acids is 1. The van der Waals surface area contributed by atoms with Crippen LogP contribution in [-0.4, -0.2) is 24.5 Å². The molecule has 2 N–H and O–H groups in total. The molecule has 104 valence electrons. The summed E-state index contributed by atoms with van der Waals surface area (Å²) in [5, 5.41) is 6.02. The zero-order valence-electron chi connectivity index (χ0n) is 12.0. The predicted molar refractivity (Wildman–Crippen MR) is 77.4 cm³/mol. The molecule has 1 aromatic rings. The second kappa shape index (κ2) is 6.04. The van der Waals surface area contributed by atoms with Gasteiger partial charge in [0.25, 0.3) is 5.91 Å². The first-order valence-electron chi connectivity index (χ1n) is 7.03. The van der Waals surface area contributed by atoms with Crippen molar-refractivity contribution in [3.8, 4) is 0 Å². The molecule has 4 nitrogen and oxygen atoms in total. The van der Waals surface area contributed by atoms with Crippen molar-refractivity contribution in [2.24, 2.45) is 11.8 Å². The summed E-state index contributed by atoms with van der Waals surface area (Å²) >= 11 is 0. The van der Waals surface area contributed by atoms with Gasteiger partial charge in [-0.15, -0.1) is 0 Å². The number of hydrogen-bond donors (Lipinski definition) is 2. The summed E-state index contributed by atoms with van der Waals surface area (Å²) in [6.07, 6.45) is 3.76. The minimum Gasteiger partial charge on any atom is -0.373 e. The van der Waals surface area contributed by atoms with Gasteiger partial charge in [0.1, 0.15) is 5.82 Å². The van der Waals surface area contributed by atoms with E-state index in [2.05, 4.69) is 22.5 Å². The van der Waals surface area contributed by atoms with E-state index in [1.54, 1.807) is 6.07 Å². The zero-order valence-corrected chi connectivity index (χ0v) is 12.0. The van der Waals surface area contributed by atoms with Crippen molar-refractivity contribution >= 4 is 11.7 Å². The van der Waals surface area contributed by atoms with E-state index in [0.29, 0.717) is 11.5 Å². The first-order chi connectivity index (χ1) is 9.08. The molecule has 0 radical (unpaired) electrons. The quantitative estimate of drug-likeness (QED) is 0.876. The molecule has 1 amide bonds. The fourth-order valence-corrected chi connectivity index (χ4v) is 2.78. The van der Waals surface area contributed by atoms with E-state index in [-0.39, 0.29) is 5.91 Å². The normalized spacial score (nSPS) is 22.3. The van der Waals surface area contributed by atoms with E-state index >= 15 is 0 Å². The Morgan fingerprint density at radius 2 is 2.21 bits per heavy atom. The van der Waals surface area contributed by atoms with Gasteiger partial charge < -0.3 is 10.6 Å². The molecular formula is C15H23N3O. The molecule has 2 atom stereocenters. The molecule has 0 spiro atoms. The summed E-state index contributed by atoms with van der Waals surface area (Å²) in [4.78, 5) is 16.4. The molecule has 2 unspecified atom stereocenters. The summed E-state index contributed by atoms with van der Waals surface area (Å²) in [6, 6.07) is 3.62. The highest BCUT2D eigenvalue weighted by Gasteiger charge is 2.21. The lowest BCUT2D eigenvalue weighted by Crippen LogP contribution is -2.28. The van der Waals surface area contributed by atoms with E-state index in [0.717, 1.165) is 24.0 Å². The molecule has 1 aromatic heterocycles. The number of hydrogen-bond acceptors (Lipinski definition) is 3. The van der Waals surface area contributed by atoms with Crippen LogP contribution in [0.3, 0.4) is 0 Å². The largest absolute Gasteiger partial charge is 0.373 e. The van der Waals surface area contributed by atoms with E-state index in [4.69, 9.17) is 0 Å². The van der Waals surface area contributed by atoms with Crippen molar-refractivity contribution in [1.29, 1.82) is 0 Å². The first kappa shape index (κ1) is 13.8. The van der Waals surface area contributed by atoms with Gasteiger partial charge in [-0.3, -0.25) is 4.79 Å². The highest BCUT2D eigenvalue weighted by atomic mass is 16.1. The number of nitrogens with zero attached hydrogens (tertiary/aromatic N) is 1. The molecule has 1 saturated carbocycles. The Hall–Kier alpha value is -1.58. The fraction of sp³-hybridized carbons (Fsp3) is 0.600. The number of aromatic nitrogens is 1. The maximum Gasteiger partial charge on any atom is 0.251 e. The number of carbonyl (C=O) groups is 1. The molecule has 1 aliphatic rings. The average molecular weight is 261 g/mol. The van der Waals surface area contributed by atoms with Gasteiger partial charge in [-0.1, -0.05) is 13.3 Å². The minimum absolute atomic E-state index is 0.00144. The number of rotatable bonds is 4. The van der Waals surface area contributed by atoms with Gasteiger partial charge in [0.2, 0.25) is 0 Å². The lowest BCUT2D eigenvalue weighted by Gasteiger charge is -2.12. The Balaban J connectivity index is 1.94. The Morgan fingerprint density at radius 1 is 1.42 bits per heavy atom. The van der Waals surface area contributed by atoms with E-state index in [9.17, 15) is 4.79 Å². The average Bonchev–Trinajstić information content (AvgIpc) is 2.81. The smallest absolute Gasteiger partial charge is 0.251 e. The molecule has 19 heavy (non-hydrogen) atoms. The predicted octanol–water partition coefficient (Wildman–Crippen LogP) is 2.60. The molecule has 0 bridgehead atoms. The van der Waals surface area contributed by atoms with Crippen LogP contribution in [-0.2, 0) is 0 Å². The number of anilines is 1. The minimum atomic E-state index is 0.00144. The summed E-state index contributed by atoms with van der Waals surface area (Å²) < 4.78 is 0. The molecule has 0 aromatic carbocycles. The van der Waals surface area contributed by atoms with Crippen LogP contribution in [0.5, 0.6) is 0 Å². The van der Waals surface area contributed by atoms with Gasteiger partial charge in [0.15, 0.2) is 0 Å². The molecule has 2 rings (SSSR count). The fourth-order valence-electron chi connectivity index (χ4n) is 2.78. The number of amides is 1. The molecule has 4 heteroatoms. The maximum atomic E-state index is 12.1. The van der Waals surface area contributed by atoms with Crippen molar-refractivity contribution in [2.45, 2.75) is 33.1 Å². The van der Waals surface area contributed by atoms with E-state index < -0.39 is 0 Å². The molecule has 1 fully saturated rings. The summed E-state index contributed by atoms with van der Waals surface area (Å²) in [5.74, 6) is 2.19. The van der Waals surface area contributed by atoms with E-state index in [1.807, 2.05) is 20.0 Å². The summed E-state index contributed by atoms with van der Waals surface area (Å²) in [6.45, 7) is 4.98. The lowest BCUT2D eigenvalue weighted by molar-refractivity contribution is 0.0947. The van der Waals surface area contributed by atoms with Gasteiger partial charge >= 0.3 is 0 Å². The summed E-state index contributed by atoms with van der Waals surface area (Å²) in [7, 11) is 1.81. The summed E-state index contributed by atoms with van der Waals surface area (Å²) in [5.41, 5.74) is 1.54. The zero-order chi connectivity index (χ0) is 13.8. The Kier molecular flexibility index (Phi) is 4.40. The first-order valence-corrected chi connectivity index (χ1v) is 7.03. The van der Waals surface area contributed by atoms with Crippen LogP contribution in [0, 0.1) is 18.8 Å². The lowest BCUT2D eigenvalue weighted by atomic mass is 10.1. The molecular weight excluding hydrogens is 238 g/mol. The van der Waals surface area contributed by atoms with Crippen molar-refractivity contribution < 1.29 is 4.79 Å². The van der Waals surface area contributed by atoms with Gasteiger partial charge in [-0.25, -0.2) is 4.98 Å². The topological polar surface area (TPSA) is 54.0 Å². The van der Waals surface area contributed by atoms with Crippen LogP contribution in [0.15, 0.2) is 12.1 Å². The van der Waals surface area contributed by atoms with Gasteiger partial charge in [0, 0.05) is 24.8 Å². The Labute approximate surface area is 115 Å². The number of aryl methyl sites for hydroxylation is 1. The highest BCUT2D eigenvalue weighted by molar-refractivity contribution is 5.95. The monoisotopic (exact) mass is 261 g/mol. The standard InChI is InChI=1S/C15H23N3O/c1-10-4-5-12(6-10)9-17-15(19)13-7-11(2)18-14(8-13)16-3/h7-8,10,12H,4-6,9H2,1-3H3,(H,16,18)(H,17,19). The van der Waals surface area contributed by atoms with Crippen molar-refractivity contribution in [1.82, 2.24) is 10.3 Å². The van der Waals surface area contributed by atoms with Crippen LogP contribution in [0.25, 0.3) is 0 Å². The van der Waals surface area contributed by atoms with Gasteiger partial charge in [0.05, 0.1) is 0 Å². The maximum absolute atomic E-state index is 12.1. The van der Waals surface area contributed by atoms with Crippen LogP contribution in [0.1, 0.15) is 42.2 Å². The molecule has 0 saturated heterocycles. The Morgan fingerprint density at radius 3 is 2.84 bits per heavy atom. The van der Waals surface area contributed by atoms with Crippen LogP contribution < -0.4 is 10.6 Å². The second-order valence-electron chi connectivity index (χ2n) is 5.63. The molecule has 1 aliphatic carbocycles. The van der Waals surface area contributed by atoms with Crippen LogP contribution >= 0.6 is 0 Å². The second-order valence-corrected chi connectivity index (χ2v) is 5.63. The van der Waals surface area contributed by atoms with Crippen LogP contribution in [0.2, 0.25) is 0 Å². The molecule has 1 heterocycles. The van der Waals surface area contributed by atoms with Crippen molar-refractivity contribution in [2.75, 3.05) is 18.9 Å². The van der Waals surface area contributed by atoms with Crippen molar-refractivity contribution in [3.63, 3.8) is 0 Å². The number of nitrogens with one attached hydrogen (secondary N) is 2. The third-order valence-electron chi connectivity index (χ3n) is 3.83. The van der Waals surface area contributed by atoms with Crippen molar-refractivity contribution in [3.05, 3.63) is 23.4 Å². The number of pyridine rings is 1. The van der Waals surface area contributed by atoms with Gasteiger partial charge in [-0.05, 0) is 43.7 Å². The highest BCUT2D eigenvalue weighted by Crippen LogP contribution is 2.29. The Bertz CT molecular complexity index is 459. The molecule has 0 aliphatic heterocycles. The third kappa shape index (κ3) is 3.69. The van der Waals surface area contributed by atoms with E-state index in [1.165, 1.54) is 19.3 Å². The van der Waals surface area contributed by atoms with Crippen LogP contribution in [0.4, 0.5) is 5.82 Å².